The Balaban J connectivity index is 2.13. The first-order valence-corrected chi connectivity index (χ1v) is 12.5. The summed E-state index contributed by atoms with van der Waals surface area (Å²) in [6.07, 6.45) is 1.15. The van der Waals surface area contributed by atoms with Gasteiger partial charge in [0.25, 0.3) is 5.91 Å². The Labute approximate surface area is 172 Å². The van der Waals surface area contributed by atoms with E-state index in [1.807, 2.05) is 0 Å². The van der Waals surface area contributed by atoms with E-state index in [0.717, 1.165) is 6.26 Å². The minimum atomic E-state index is -3.74. The quantitative estimate of drug-likeness (QED) is 0.689. The van der Waals surface area contributed by atoms with Gasteiger partial charge in [0.05, 0.1) is 10.6 Å². The van der Waals surface area contributed by atoms with Crippen LogP contribution >= 0.6 is 0 Å². The maximum absolute atomic E-state index is 12.7. The molecule has 0 aliphatic carbocycles. The minimum Gasteiger partial charge on any atom is -0.348 e. The van der Waals surface area contributed by atoms with E-state index in [9.17, 15) is 21.6 Å². The molecule has 0 radical (unpaired) electrons. The minimum absolute atomic E-state index is 0.0329. The molecule has 0 aliphatic heterocycles. The van der Waals surface area contributed by atoms with Crippen LogP contribution in [0.25, 0.3) is 0 Å². The summed E-state index contributed by atoms with van der Waals surface area (Å²) >= 11 is 0. The Hall–Kier alpha value is -2.23. The van der Waals surface area contributed by atoms with Crippen molar-refractivity contribution in [3.8, 4) is 0 Å². The van der Waals surface area contributed by atoms with Crippen LogP contribution in [0, 0.1) is 0 Å². The molecular weight excluding hydrogens is 412 g/mol. The van der Waals surface area contributed by atoms with Gasteiger partial charge < -0.3 is 5.32 Å². The molecule has 0 unspecified atom stereocenters. The van der Waals surface area contributed by atoms with E-state index >= 15 is 0 Å². The van der Waals surface area contributed by atoms with Crippen molar-refractivity contribution in [2.24, 2.45) is 0 Å². The molecule has 158 valence electrons. The smallest absolute Gasteiger partial charge is 0.251 e. The lowest BCUT2D eigenvalue weighted by Crippen LogP contribution is -2.41. The lowest BCUT2D eigenvalue weighted by molar-refractivity contribution is 0.0950. The highest BCUT2D eigenvalue weighted by molar-refractivity contribution is 7.90. The number of sulfonamides is 1. The molecule has 2 rings (SSSR count). The Morgan fingerprint density at radius 1 is 0.931 bits per heavy atom. The van der Waals surface area contributed by atoms with Crippen LogP contribution in [0.2, 0.25) is 0 Å². The number of benzene rings is 2. The molecule has 2 aromatic rings. The predicted molar refractivity (Wildman–Crippen MR) is 113 cm³/mol. The molecular formula is C20H26N2O5S2. The fourth-order valence-electron chi connectivity index (χ4n) is 2.70. The van der Waals surface area contributed by atoms with Gasteiger partial charge in [0.1, 0.15) is 0 Å². The Morgan fingerprint density at radius 3 is 2.07 bits per heavy atom. The van der Waals surface area contributed by atoms with Crippen LogP contribution < -0.4 is 10.0 Å². The van der Waals surface area contributed by atoms with Crippen LogP contribution in [0.4, 0.5) is 0 Å². The summed E-state index contributed by atoms with van der Waals surface area (Å²) in [5.41, 5.74) is 0.776. The molecule has 0 heterocycles. The van der Waals surface area contributed by atoms with Crippen molar-refractivity contribution >= 4 is 25.8 Å². The summed E-state index contributed by atoms with van der Waals surface area (Å²) in [5.74, 6) is -0.479. The second-order valence-electron chi connectivity index (χ2n) is 7.91. The van der Waals surface area contributed by atoms with Crippen LogP contribution in [0.5, 0.6) is 0 Å². The van der Waals surface area contributed by atoms with E-state index in [1.165, 1.54) is 6.07 Å². The van der Waals surface area contributed by atoms with Gasteiger partial charge >= 0.3 is 0 Å². The molecule has 7 nitrogen and oxygen atoms in total. The average Bonchev–Trinajstić information content (AvgIpc) is 2.57. The fourth-order valence-corrected chi connectivity index (χ4v) is 5.16. The van der Waals surface area contributed by atoms with Crippen LogP contribution in [0.15, 0.2) is 53.4 Å². The van der Waals surface area contributed by atoms with E-state index in [1.54, 1.807) is 63.2 Å². The standard InChI is InChI=1S/C20H26N2O5S2/c1-20(2,3)22-29(26,27)18-8-6-5-7-17(18)13-21-19(23)16-11-9-15(10-12-16)14-28(4,24)25/h5-12,22H,13-14H2,1-4H3,(H,21,23). The Bertz CT molecular complexity index is 1080. The zero-order valence-corrected chi connectivity index (χ0v) is 18.5. The van der Waals surface area contributed by atoms with Crippen LogP contribution in [-0.4, -0.2) is 34.5 Å². The van der Waals surface area contributed by atoms with Crippen LogP contribution in [0.3, 0.4) is 0 Å². The molecule has 2 aromatic carbocycles. The van der Waals surface area contributed by atoms with E-state index in [4.69, 9.17) is 0 Å². The van der Waals surface area contributed by atoms with Crippen molar-refractivity contribution < 1.29 is 21.6 Å². The Morgan fingerprint density at radius 2 is 1.52 bits per heavy atom. The van der Waals surface area contributed by atoms with Gasteiger partial charge in [-0.3, -0.25) is 4.79 Å². The Kier molecular flexibility index (Phi) is 6.87. The van der Waals surface area contributed by atoms with Gasteiger partial charge in [-0.2, -0.15) is 0 Å². The normalized spacial score (nSPS) is 12.6. The molecule has 1 amide bonds. The summed E-state index contributed by atoms with van der Waals surface area (Å²) in [6, 6.07) is 12.7. The predicted octanol–water partition coefficient (Wildman–Crippen LogP) is 2.24. The SMILES string of the molecule is CC(C)(C)NS(=O)(=O)c1ccccc1CNC(=O)c1ccc(CS(C)(=O)=O)cc1. The van der Waals surface area contributed by atoms with Crippen molar-refractivity contribution in [2.45, 2.75) is 43.5 Å². The van der Waals surface area contributed by atoms with Crippen LogP contribution in [-0.2, 0) is 32.2 Å². The highest BCUT2D eigenvalue weighted by Gasteiger charge is 2.24. The number of sulfone groups is 1. The second-order valence-corrected chi connectivity index (χ2v) is 11.7. The van der Waals surface area contributed by atoms with Gasteiger partial charge in [-0.25, -0.2) is 21.6 Å². The second kappa shape index (κ2) is 8.64. The zero-order valence-electron chi connectivity index (χ0n) is 16.9. The lowest BCUT2D eigenvalue weighted by Gasteiger charge is -2.21. The molecule has 0 saturated heterocycles. The van der Waals surface area contributed by atoms with Gasteiger partial charge in [-0.1, -0.05) is 30.3 Å². The van der Waals surface area contributed by atoms with Gasteiger partial charge in [-0.05, 0) is 50.1 Å². The maximum Gasteiger partial charge on any atom is 0.251 e. The largest absolute Gasteiger partial charge is 0.348 e. The summed E-state index contributed by atoms with van der Waals surface area (Å²) < 4.78 is 50.6. The fraction of sp³-hybridized carbons (Fsp3) is 0.350. The van der Waals surface area contributed by atoms with E-state index in [2.05, 4.69) is 10.0 Å². The molecule has 0 saturated carbocycles. The lowest BCUT2D eigenvalue weighted by atomic mass is 10.1. The number of nitrogens with one attached hydrogen (secondary N) is 2. The van der Waals surface area contributed by atoms with Crippen molar-refractivity contribution in [3.05, 3.63) is 65.2 Å². The molecule has 0 atom stereocenters. The monoisotopic (exact) mass is 438 g/mol. The molecule has 0 aromatic heterocycles. The first-order chi connectivity index (χ1) is 13.3. The molecule has 0 spiro atoms. The van der Waals surface area contributed by atoms with Crippen molar-refractivity contribution in [2.75, 3.05) is 6.26 Å². The maximum atomic E-state index is 12.7. The summed E-state index contributed by atoms with van der Waals surface area (Å²) in [5, 5.41) is 2.71. The van der Waals surface area contributed by atoms with Gasteiger partial charge in [-0.15, -0.1) is 0 Å². The highest BCUT2D eigenvalue weighted by Crippen LogP contribution is 2.18. The molecule has 29 heavy (non-hydrogen) atoms. The molecule has 2 N–H and O–H groups in total. The van der Waals surface area contributed by atoms with Crippen molar-refractivity contribution in [1.29, 1.82) is 0 Å². The number of carbonyl (C=O) groups excluding carboxylic acids is 1. The summed E-state index contributed by atoms with van der Waals surface area (Å²) in [6.45, 7) is 5.29. The average molecular weight is 439 g/mol. The molecule has 0 aliphatic rings. The van der Waals surface area contributed by atoms with E-state index < -0.39 is 25.4 Å². The number of carbonyl (C=O) groups is 1. The first-order valence-electron chi connectivity index (χ1n) is 8.94. The van der Waals surface area contributed by atoms with Crippen molar-refractivity contribution in [3.63, 3.8) is 0 Å². The number of rotatable bonds is 7. The molecule has 0 fully saturated rings. The molecule has 0 bridgehead atoms. The number of hydrogen-bond acceptors (Lipinski definition) is 5. The number of amides is 1. The third-order valence-corrected chi connectivity index (χ3v) is 6.50. The van der Waals surface area contributed by atoms with Gasteiger partial charge in [0, 0.05) is 23.9 Å². The number of hydrogen-bond donors (Lipinski definition) is 2. The van der Waals surface area contributed by atoms with E-state index in [0.29, 0.717) is 16.7 Å². The highest BCUT2D eigenvalue weighted by atomic mass is 32.2. The zero-order chi connectivity index (χ0) is 21.9. The van der Waals surface area contributed by atoms with Crippen LogP contribution in [0.1, 0.15) is 42.3 Å². The summed E-state index contributed by atoms with van der Waals surface area (Å²) in [4.78, 5) is 12.5. The third-order valence-electron chi connectivity index (χ3n) is 3.79. The van der Waals surface area contributed by atoms with E-state index in [-0.39, 0.29) is 23.1 Å². The summed E-state index contributed by atoms with van der Waals surface area (Å²) in [7, 11) is -6.89. The third kappa shape index (κ3) is 7.26. The topological polar surface area (TPSA) is 109 Å². The van der Waals surface area contributed by atoms with Gasteiger partial charge in [0.2, 0.25) is 10.0 Å². The van der Waals surface area contributed by atoms with Gasteiger partial charge in [0.15, 0.2) is 9.84 Å². The van der Waals surface area contributed by atoms with Crippen molar-refractivity contribution in [1.82, 2.24) is 10.0 Å². The first kappa shape index (κ1) is 23.1. The molecule has 9 heteroatoms.